The molecule has 0 spiro atoms. The van der Waals surface area contributed by atoms with E-state index in [1.807, 2.05) is 25.1 Å². The molecule has 14 heteroatoms. The minimum atomic E-state index is -1.56. The van der Waals surface area contributed by atoms with Crippen LogP contribution in [0.1, 0.15) is 5.56 Å². The number of hydrogen-bond donors (Lipinski definition) is 6. The first-order chi connectivity index (χ1) is 13.8. The molecule has 3 rings (SSSR count). The highest BCUT2D eigenvalue weighted by Gasteiger charge is 2.40. The zero-order chi connectivity index (χ0) is 21.1. The van der Waals surface area contributed by atoms with Crippen molar-refractivity contribution in [3.8, 4) is 0 Å². The Kier molecular flexibility index (Phi) is 6.07. The molecule has 3 amide bonds. The predicted molar refractivity (Wildman–Crippen MR) is 116 cm³/mol. The summed E-state index contributed by atoms with van der Waals surface area (Å²) in [5.74, 6) is 1.16. The molecule has 7 N–H and O–H groups in total. The zero-order valence-corrected chi connectivity index (χ0v) is 17.2. The highest BCUT2D eigenvalue weighted by atomic mass is 32.1. The molecule has 1 aromatic heterocycles. The number of rotatable bonds is 4. The molecule has 2 aromatic rings. The highest BCUT2D eigenvalue weighted by molar-refractivity contribution is 7.80. The maximum absolute atomic E-state index is 12.8. The zero-order valence-electron chi connectivity index (χ0n) is 14.7. The largest absolute Gasteiger partial charge is 0.302 e. The van der Waals surface area contributed by atoms with Crippen molar-refractivity contribution in [3.05, 3.63) is 23.8 Å². The molecular weight excluding hydrogens is 436 g/mol. The van der Waals surface area contributed by atoms with Crippen molar-refractivity contribution in [1.82, 2.24) is 26.5 Å². The lowest BCUT2D eigenvalue weighted by atomic mass is 9.99. The lowest BCUT2D eigenvalue weighted by Gasteiger charge is -2.23. The van der Waals surface area contributed by atoms with E-state index in [0.29, 0.717) is 5.52 Å². The van der Waals surface area contributed by atoms with Crippen molar-refractivity contribution in [1.29, 1.82) is 0 Å². The minimum absolute atomic E-state index is 0.127. The maximum atomic E-state index is 12.8. The van der Waals surface area contributed by atoms with Crippen molar-refractivity contribution < 1.29 is 14.4 Å². The summed E-state index contributed by atoms with van der Waals surface area (Å²) in [6.45, 7) is 1.94. The quantitative estimate of drug-likeness (QED) is 0.117. The first-order valence-corrected chi connectivity index (χ1v) is 9.60. The molecule has 0 unspecified atom stereocenters. The lowest BCUT2D eigenvalue weighted by Crippen LogP contribution is -2.59. The Bertz CT molecular complexity index is 1060. The van der Waals surface area contributed by atoms with E-state index in [1.165, 1.54) is 11.3 Å². The fraction of sp³-hybridized carbons (Fsp3) is 0.133. The van der Waals surface area contributed by atoms with E-state index in [0.717, 1.165) is 10.3 Å². The van der Waals surface area contributed by atoms with Crippen LogP contribution in [0.2, 0.25) is 0 Å². The second-order valence-corrected chi connectivity index (χ2v) is 7.61. The first-order valence-electron chi connectivity index (χ1n) is 7.97. The van der Waals surface area contributed by atoms with E-state index in [2.05, 4.69) is 36.9 Å². The lowest BCUT2D eigenvalue weighted by molar-refractivity contribution is -0.132. The molecule has 11 nitrogen and oxygen atoms in total. The smallest absolute Gasteiger partial charge is 0.275 e. The van der Waals surface area contributed by atoms with Crippen LogP contribution in [-0.2, 0) is 14.4 Å². The van der Waals surface area contributed by atoms with Gasteiger partial charge in [0, 0.05) is 0 Å². The van der Waals surface area contributed by atoms with Gasteiger partial charge in [-0.25, -0.2) is 10.8 Å². The molecule has 1 aromatic carbocycles. The van der Waals surface area contributed by atoms with Crippen LogP contribution >= 0.6 is 35.8 Å². The Morgan fingerprint density at radius 1 is 1.31 bits per heavy atom. The fourth-order valence-corrected chi connectivity index (χ4v) is 3.61. The first kappa shape index (κ1) is 20.7. The van der Waals surface area contributed by atoms with Gasteiger partial charge in [-0.15, -0.1) is 0 Å². The van der Waals surface area contributed by atoms with Crippen LogP contribution in [0.15, 0.2) is 23.3 Å². The van der Waals surface area contributed by atoms with Crippen molar-refractivity contribution >= 4 is 84.8 Å². The van der Waals surface area contributed by atoms with Crippen LogP contribution in [0.3, 0.4) is 0 Å². The third-order valence-electron chi connectivity index (χ3n) is 3.68. The van der Waals surface area contributed by atoms with Gasteiger partial charge in [-0.1, -0.05) is 17.4 Å². The summed E-state index contributed by atoms with van der Waals surface area (Å²) in [6, 6.07) is 5.64. The number of aryl methyl sites for hydroxylation is 1. The molecule has 0 atom stereocenters. The normalized spacial score (nSPS) is 15.0. The Labute approximate surface area is 178 Å². The van der Waals surface area contributed by atoms with Gasteiger partial charge in [-0.2, -0.15) is 5.10 Å². The number of hydrazine groups is 1. The fourth-order valence-electron chi connectivity index (χ4n) is 2.40. The number of benzene rings is 1. The minimum Gasteiger partial charge on any atom is -0.302 e. The number of nitrogens with zero attached hydrogens (tertiary/aromatic N) is 2. The Morgan fingerprint density at radius 3 is 2.66 bits per heavy atom. The summed E-state index contributed by atoms with van der Waals surface area (Å²) in [5, 5.41) is 10.9. The van der Waals surface area contributed by atoms with Crippen molar-refractivity contribution in [2.75, 3.05) is 5.32 Å². The number of nitrogens with two attached hydrogens (primary N) is 1. The van der Waals surface area contributed by atoms with Gasteiger partial charge in [0.05, 0.1) is 10.2 Å². The van der Waals surface area contributed by atoms with Crippen LogP contribution in [0.25, 0.3) is 10.2 Å². The number of hydrazone groups is 1. The highest BCUT2D eigenvalue weighted by Crippen LogP contribution is 2.26. The van der Waals surface area contributed by atoms with Gasteiger partial charge in [0.25, 0.3) is 5.91 Å². The van der Waals surface area contributed by atoms with Gasteiger partial charge in [0.2, 0.25) is 16.9 Å². The number of hydrogen-bond acceptors (Lipinski definition) is 9. The summed E-state index contributed by atoms with van der Waals surface area (Å²) in [4.78, 5) is 41.7. The molecule has 0 bridgehead atoms. The molecule has 1 aliphatic heterocycles. The Hall–Kier alpha value is -3.07. The van der Waals surface area contributed by atoms with E-state index >= 15 is 0 Å². The summed E-state index contributed by atoms with van der Waals surface area (Å²) >= 11 is 10.8. The summed E-state index contributed by atoms with van der Waals surface area (Å²) in [5.41, 5.74) is 5.70. The monoisotopic (exact) mass is 450 g/mol. The number of carbonyl (C=O) groups excluding carboxylic acids is 3. The van der Waals surface area contributed by atoms with Crippen LogP contribution in [0.4, 0.5) is 5.13 Å². The standard InChI is InChI=1S/C15H14N8O3S3/c1-5-2-3-6-7(4-5)29-15(17-6)20-12(26)9(22-23-14(28)21-16)8-10(24)18-13(27)19-11(8)25/h2-4,8H,16H2,1H3,(H,17,20,26)(H2,21,23,28)(H2,18,19,24,25,27)/b22-9+. The number of thiocarbonyl (C=S) groups is 2. The van der Waals surface area contributed by atoms with Crippen molar-refractivity contribution in [3.63, 3.8) is 0 Å². The molecule has 1 fully saturated rings. The number of aromatic nitrogens is 1. The topological polar surface area (TPSA) is 163 Å². The summed E-state index contributed by atoms with van der Waals surface area (Å²) in [6.07, 6.45) is 0. The molecule has 1 aliphatic rings. The number of amides is 3. The molecule has 150 valence electrons. The average molecular weight is 451 g/mol. The second kappa shape index (κ2) is 8.52. The van der Waals surface area contributed by atoms with Gasteiger partial charge in [0.1, 0.15) is 5.71 Å². The van der Waals surface area contributed by atoms with Crippen LogP contribution in [0.5, 0.6) is 0 Å². The molecule has 2 heterocycles. The Morgan fingerprint density at radius 2 is 2.00 bits per heavy atom. The van der Waals surface area contributed by atoms with Gasteiger partial charge in [-0.05, 0) is 49.1 Å². The predicted octanol–water partition coefficient (Wildman–Crippen LogP) is -0.616. The molecule has 29 heavy (non-hydrogen) atoms. The molecule has 0 radical (unpaired) electrons. The second-order valence-electron chi connectivity index (χ2n) is 5.77. The number of thiazole rings is 1. The third kappa shape index (κ3) is 4.68. The molecule has 1 saturated heterocycles. The third-order valence-corrected chi connectivity index (χ3v) is 5.02. The van der Waals surface area contributed by atoms with Crippen LogP contribution < -0.4 is 32.6 Å². The van der Waals surface area contributed by atoms with E-state index < -0.39 is 29.4 Å². The number of fused-ring (bicyclic) bond motifs is 1. The number of carbonyl (C=O) groups is 3. The van der Waals surface area contributed by atoms with Crippen LogP contribution in [0, 0.1) is 12.8 Å². The van der Waals surface area contributed by atoms with E-state index in [9.17, 15) is 14.4 Å². The van der Waals surface area contributed by atoms with E-state index in [-0.39, 0.29) is 15.4 Å². The van der Waals surface area contributed by atoms with E-state index in [1.54, 1.807) is 0 Å². The maximum Gasteiger partial charge on any atom is 0.275 e. The SMILES string of the molecule is Cc1ccc2nc(NC(=O)/C(=N/NC(=S)NN)C3C(=O)NC(=S)NC3=O)sc2c1. The van der Waals surface area contributed by atoms with Gasteiger partial charge >= 0.3 is 0 Å². The van der Waals surface area contributed by atoms with Gasteiger partial charge in [-0.3, -0.25) is 30.6 Å². The van der Waals surface area contributed by atoms with Gasteiger partial charge < -0.3 is 10.6 Å². The van der Waals surface area contributed by atoms with Crippen molar-refractivity contribution in [2.45, 2.75) is 6.92 Å². The van der Waals surface area contributed by atoms with Crippen LogP contribution in [-0.4, -0.2) is 38.6 Å². The van der Waals surface area contributed by atoms with Crippen molar-refractivity contribution in [2.24, 2.45) is 16.9 Å². The number of nitrogens with one attached hydrogen (secondary N) is 5. The average Bonchev–Trinajstić information content (AvgIpc) is 3.04. The summed E-state index contributed by atoms with van der Waals surface area (Å²) < 4.78 is 0.865. The number of anilines is 1. The van der Waals surface area contributed by atoms with E-state index in [4.69, 9.17) is 30.3 Å². The molecule has 0 aliphatic carbocycles. The van der Waals surface area contributed by atoms with Gasteiger partial charge in [0.15, 0.2) is 16.2 Å². The Balaban J connectivity index is 1.90. The molecule has 0 saturated carbocycles. The summed E-state index contributed by atoms with van der Waals surface area (Å²) in [7, 11) is 0. The molecular formula is C15H14N8O3S3.